The van der Waals surface area contributed by atoms with Crippen molar-refractivity contribution in [3.8, 4) is 0 Å². The van der Waals surface area contributed by atoms with Crippen LogP contribution in [0.25, 0.3) is 0 Å². The van der Waals surface area contributed by atoms with E-state index in [1.807, 2.05) is 0 Å². The Morgan fingerprint density at radius 3 is 0.762 bits per heavy atom. The van der Waals surface area contributed by atoms with E-state index in [1.54, 1.807) is 59.7 Å². The number of rotatable bonds is 34. The molecule has 0 radical (unpaired) electrons. The van der Waals surface area contributed by atoms with Crippen molar-refractivity contribution in [3.63, 3.8) is 0 Å². The van der Waals surface area contributed by atoms with Gasteiger partial charge in [-0.05, 0) is 146 Å². The van der Waals surface area contributed by atoms with Gasteiger partial charge in [-0.15, -0.1) is 0 Å². The first-order valence-electron chi connectivity index (χ1n) is 27.5. The van der Waals surface area contributed by atoms with Gasteiger partial charge in [-0.25, -0.2) is 0 Å². The Kier molecular flexibility index (Phi) is 25.1. The van der Waals surface area contributed by atoms with Crippen LogP contribution in [-0.2, 0) is 38.5 Å². The fourth-order valence-electron chi connectivity index (χ4n) is 11.1. The molecule has 1 atom stereocenters. The molecule has 3 aromatic carbocycles. The lowest BCUT2D eigenvalue weighted by Crippen LogP contribution is -2.70. The summed E-state index contributed by atoms with van der Waals surface area (Å²) in [6.07, 6.45) is 41.4. The predicted molar refractivity (Wildman–Crippen MR) is 287 cm³/mol. The third kappa shape index (κ3) is 16.3. The molecule has 0 spiro atoms. The molecule has 0 fully saturated rings. The fraction of sp³-hybridized carbons (Fsp3) is 0.645. The number of hydrogen-bond acceptors (Lipinski definition) is 0. The van der Waals surface area contributed by atoms with Gasteiger partial charge in [-0.1, -0.05) is 241 Å². The highest BCUT2D eigenvalue weighted by atomic mass is 28.3. The van der Waals surface area contributed by atoms with Gasteiger partial charge in [0.1, 0.15) is 0 Å². The van der Waals surface area contributed by atoms with E-state index in [4.69, 9.17) is 0 Å². The molecule has 0 heterocycles. The maximum atomic E-state index is 2.80. The van der Waals surface area contributed by atoms with E-state index in [2.05, 4.69) is 123 Å². The number of unbranched alkanes of at least 4 members (excludes halogenated alkanes) is 18. The largest absolute Gasteiger partial charge is 0.176 e. The van der Waals surface area contributed by atoms with Crippen molar-refractivity contribution in [2.45, 2.75) is 255 Å². The standard InChI is InChI=1S/C62H98Si/c1-10-16-22-28-34-53-41-54(35-29-23-17-11-2)45-59(44-53)63(62-51(8)40-50(7)52(62)9,60-46-55(36-30-24-18-12-3)42-56(47-60)37-31-25-19-13-4)61-48-57(38-32-26-20-14-5)43-58(49-61)39-33-27-21-15-6/h40-49,51H,10-39H2,1-9H3. The normalized spacial score (nSPS) is 14.3. The average Bonchev–Trinajstić information content (AvgIpc) is 3.54. The summed E-state index contributed by atoms with van der Waals surface area (Å²) in [4.78, 5) is 0. The summed E-state index contributed by atoms with van der Waals surface area (Å²) in [5.74, 6) is 0.417. The summed E-state index contributed by atoms with van der Waals surface area (Å²) in [6, 6.07) is 24.8. The van der Waals surface area contributed by atoms with Crippen LogP contribution < -0.4 is 15.6 Å². The Morgan fingerprint density at radius 1 is 0.333 bits per heavy atom. The number of aryl methyl sites for hydroxylation is 6. The zero-order chi connectivity index (χ0) is 45.3. The maximum Gasteiger partial charge on any atom is 0.176 e. The van der Waals surface area contributed by atoms with Crippen molar-refractivity contribution in [1.29, 1.82) is 0 Å². The van der Waals surface area contributed by atoms with Crippen molar-refractivity contribution >= 4 is 23.6 Å². The van der Waals surface area contributed by atoms with Crippen LogP contribution in [0.5, 0.6) is 0 Å². The Balaban J connectivity index is 2.16. The summed E-state index contributed by atoms with van der Waals surface area (Å²) in [5, 5.41) is 6.83. The Bertz CT molecular complexity index is 1540. The quantitative estimate of drug-likeness (QED) is 0.0319. The molecule has 1 heteroatoms. The molecule has 0 aromatic heterocycles. The fourth-order valence-corrected chi connectivity index (χ4v) is 16.9. The first-order chi connectivity index (χ1) is 30.7. The molecule has 3 aromatic rings. The third-order valence-corrected chi connectivity index (χ3v) is 19.8. The van der Waals surface area contributed by atoms with E-state index in [1.165, 1.54) is 198 Å². The van der Waals surface area contributed by atoms with E-state index in [-0.39, 0.29) is 0 Å². The summed E-state index contributed by atoms with van der Waals surface area (Å²) in [7, 11) is -2.85. The zero-order valence-corrected chi connectivity index (χ0v) is 44.1. The third-order valence-electron chi connectivity index (χ3n) is 14.7. The molecule has 0 nitrogen and oxygen atoms in total. The number of hydrogen-bond donors (Lipinski definition) is 0. The van der Waals surface area contributed by atoms with Crippen molar-refractivity contribution in [3.05, 3.63) is 110 Å². The molecule has 0 N–H and O–H groups in total. The van der Waals surface area contributed by atoms with Crippen LogP contribution in [0.15, 0.2) is 77.0 Å². The van der Waals surface area contributed by atoms with E-state index in [0.29, 0.717) is 5.92 Å². The van der Waals surface area contributed by atoms with Gasteiger partial charge in [0.25, 0.3) is 0 Å². The molecule has 0 aliphatic heterocycles. The van der Waals surface area contributed by atoms with Crippen LogP contribution >= 0.6 is 0 Å². The van der Waals surface area contributed by atoms with Gasteiger partial charge in [0.2, 0.25) is 0 Å². The maximum absolute atomic E-state index is 2.85. The lowest BCUT2D eigenvalue weighted by atomic mass is 10.00. The van der Waals surface area contributed by atoms with Crippen molar-refractivity contribution in [2.75, 3.05) is 0 Å². The molecule has 0 bridgehead atoms. The van der Waals surface area contributed by atoms with Crippen LogP contribution in [0.4, 0.5) is 0 Å². The first kappa shape index (κ1) is 53.0. The highest BCUT2D eigenvalue weighted by Gasteiger charge is 2.48. The molecule has 0 saturated carbocycles. The number of allylic oxidation sites excluding steroid dienone is 4. The first-order valence-corrected chi connectivity index (χ1v) is 29.5. The van der Waals surface area contributed by atoms with E-state index < -0.39 is 8.07 Å². The van der Waals surface area contributed by atoms with Gasteiger partial charge in [-0.3, -0.25) is 0 Å². The highest BCUT2D eigenvalue weighted by molar-refractivity contribution is 7.16. The predicted octanol–water partition coefficient (Wildman–Crippen LogP) is 17.3. The topological polar surface area (TPSA) is 0 Å². The molecule has 1 aliphatic carbocycles. The minimum Gasteiger partial charge on any atom is -0.0748 e. The van der Waals surface area contributed by atoms with E-state index in [0.717, 1.165) is 0 Å². The lowest BCUT2D eigenvalue weighted by Gasteiger charge is -2.40. The minimum atomic E-state index is -2.85. The summed E-state index contributed by atoms with van der Waals surface area (Å²) < 4.78 is 0. The second-order valence-electron chi connectivity index (χ2n) is 20.4. The Labute approximate surface area is 393 Å². The van der Waals surface area contributed by atoms with Crippen molar-refractivity contribution < 1.29 is 0 Å². The molecule has 350 valence electrons. The van der Waals surface area contributed by atoms with E-state index in [9.17, 15) is 0 Å². The second kappa shape index (κ2) is 29.8. The van der Waals surface area contributed by atoms with Crippen molar-refractivity contribution in [1.82, 2.24) is 0 Å². The number of benzene rings is 3. The summed E-state index contributed by atoms with van der Waals surface area (Å²) in [5.41, 5.74) is 12.7. The van der Waals surface area contributed by atoms with Gasteiger partial charge < -0.3 is 0 Å². The molecule has 0 saturated heterocycles. The van der Waals surface area contributed by atoms with E-state index >= 15 is 0 Å². The highest BCUT2D eigenvalue weighted by Crippen LogP contribution is 2.38. The van der Waals surface area contributed by atoms with Crippen LogP contribution in [0.1, 0.15) is 250 Å². The van der Waals surface area contributed by atoms with Crippen LogP contribution in [0.2, 0.25) is 0 Å². The van der Waals surface area contributed by atoms with Gasteiger partial charge in [0, 0.05) is 0 Å². The molecule has 1 aliphatic rings. The summed E-state index contributed by atoms with van der Waals surface area (Å²) >= 11 is 0. The molecular formula is C62H98Si. The lowest BCUT2D eigenvalue weighted by molar-refractivity contribution is 0.661. The molecular weight excluding hydrogens is 773 g/mol. The van der Waals surface area contributed by atoms with Crippen molar-refractivity contribution in [2.24, 2.45) is 5.92 Å². The van der Waals surface area contributed by atoms with Gasteiger partial charge in [0.15, 0.2) is 8.07 Å². The van der Waals surface area contributed by atoms with Crippen LogP contribution in [0, 0.1) is 5.92 Å². The smallest absolute Gasteiger partial charge is 0.0748 e. The molecule has 63 heavy (non-hydrogen) atoms. The monoisotopic (exact) mass is 871 g/mol. The van der Waals surface area contributed by atoms with Gasteiger partial charge in [-0.2, -0.15) is 0 Å². The van der Waals surface area contributed by atoms with Gasteiger partial charge in [0.05, 0.1) is 0 Å². The molecule has 1 unspecified atom stereocenters. The zero-order valence-electron chi connectivity index (χ0n) is 43.1. The molecule has 4 rings (SSSR count). The second-order valence-corrected chi connectivity index (χ2v) is 24.2. The Hall–Kier alpha value is -2.64. The van der Waals surface area contributed by atoms with Crippen LogP contribution in [0.3, 0.4) is 0 Å². The minimum absolute atomic E-state index is 0.417. The Morgan fingerprint density at radius 2 is 0.571 bits per heavy atom. The van der Waals surface area contributed by atoms with Gasteiger partial charge >= 0.3 is 0 Å². The average molecular weight is 872 g/mol. The SMILES string of the molecule is CCCCCCc1cc(CCCCCC)cc([Si](C2=C(C)C(C)=CC2C)(c2cc(CCCCCC)cc(CCCCCC)c2)c2cc(CCCCCC)cc(CCCCCC)c2)c1. The van der Waals surface area contributed by atoms with Crippen LogP contribution in [-0.4, -0.2) is 8.07 Å². The summed E-state index contributed by atoms with van der Waals surface area (Å²) in [6.45, 7) is 21.7. The molecule has 0 amide bonds.